The molecule has 0 unspecified atom stereocenters. The van der Waals surface area contributed by atoms with Crippen molar-refractivity contribution in [3.05, 3.63) is 35.4 Å². The van der Waals surface area contributed by atoms with E-state index in [0.29, 0.717) is 5.56 Å². The summed E-state index contributed by atoms with van der Waals surface area (Å²) in [4.78, 5) is 26.6. The first kappa shape index (κ1) is 23.0. The molecule has 0 aliphatic heterocycles. The fourth-order valence-corrected chi connectivity index (χ4v) is 2.63. The molecule has 0 aliphatic carbocycles. The van der Waals surface area contributed by atoms with Gasteiger partial charge in [-0.15, -0.1) is 0 Å². The second-order valence-corrected chi connectivity index (χ2v) is 7.77. The number of nitrogens with two attached hydrogens (primary N) is 1. The van der Waals surface area contributed by atoms with Crippen LogP contribution in [0.5, 0.6) is 0 Å². The number of carbonyl (C=O) groups excluding carboxylic acids is 2. The van der Waals surface area contributed by atoms with Crippen LogP contribution in [0.15, 0.2) is 24.3 Å². The topological polar surface area (TPSA) is 72.6 Å². The number of rotatable bonds is 8. The molecule has 0 spiro atoms. The first-order valence-corrected chi connectivity index (χ1v) is 9.00. The summed E-state index contributed by atoms with van der Waals surface area (Å²) in [5.41, 5.74) is 5.42. The molecule has 0 saturated carbocycles. The fourth-order valence-electron chi connectivity index (χ4n) is 2.63. The van der Waals surface area contributed by atoms with Gasteiger partial charge in [-0.05, 0) is 39.7 Å². The van der Waals surface area contributed by atoms with Crippen LogP contribution in [-0.4, -0.2) is 42.0 Å². The first-order chi connectivity index (χ1) is 12.4. The zero-order valence-electron chi connectivity index (χ0n) is 16.7. The van der Waals surface area contributed by atoms with E-state index in [1.807, 2.05) is 0 Å². The van der Waals surface area contributed by atoms with Gasteiger partial charge in [-0.25, -0.2) is 8.78 Å². The molecule has 0 heterocycles. The minimum Gasteiger partial charge on any atom is -0.460 e. The van der Waals surface area contributed by atoms with Crippen molar-refractivity contribution in [2.45, 2.75) is 58.6 Å². The van der Waals surface area contributed by atoms with Gasteiger partial charge in [-0.1, -0.05) is 24.3 Å². The van der Waals surface area contributed by atoms with Crippen molar-refractivity contribution in [3.8, 4) is 0 Å². The number of amides is 1. The van der Waals surface area contributed by atoms with Crippen molar-refractivity contribution in [1.82, 2.24) is 4.90 Å². The molecule has 0 fully saturated rings. The summed E-state index contributed by atoms with van der Waals surface area (Å²) < 4.78 is 31.2. The van der Waals surface area contributed by atoms with Crippen LogP contribution >= 0.6 is 0 Å². The van der Waals surface area contributed by atoms with Crippen molar-refractivity contribution in [1.29, 1.82) is 0 Å². The number of benzene rings is 1. The Morgan fingerprint density at radius 2 is 1.89 bits per heavy atom. The molecule has 5 nitrogen and oxygen atoms in total. The van der Waals surface area contributed by atoms with Gasteiger partial charge in [0.1, 0.15) is 5.60 Å². The molecular weight excluding hydrogens is 354 g/mol. The summed E-state index contributed by atoms with van der Waals surface area (Å²) in [7, 11) is 1.62. The molecule has 0 aromatic heterocycles. The zero-order valence-corrected chi connectivity index (χ0v) is 16.7. The van der Waals surface area contributed by atoms with Crippen molar-refractivity contribution >= 4 is 11.9 Å². The predicted molar refractivity (Wildman–Crippen MR) is 100 cm³/mol. The van der Waals surface area contributed by atoms with Gasteiger partial charge in [-0.2, -0.15) is 0 Å². The van der Waals surface area contributed by atoms with Crippen LogP contribution < -0.4 is 5.73 Å². The molecular formula is C20H30F2N2O3. The molecule has 1 rings (SSSR count). The molecule has 7 heteroatoms. The van der Waals surface area contributed by atoms with Gasteiger partial charge in [0.15, 0.2) is 0 Å². The second kappa shape index (κ2) is 9.78. The van der Waals surface area contributed by atoms with Gasteiger partial charge in [0.25, 0.3) is 6.43 Å². The molecule has 152 valence electrons. The Bertz CT molecular complexity index is 644. The summed E-state index contributed by atoms with van der Waals surface area (Å²) in [5, 5.41) is 0. The number of alkyl halides is 2. The standard InChI is InChI=1S/C20H30F2N2O3/c1-13(12-23)24(5)19(26)16(11-17(25)27-20(2,3)4)10-14-7-6-8-15(9-14)18(21)22/h6-9,13,16,18H,10-12,23H2,1-5H3/t13-,16+/m0/s1. The third-order valence-electron chi connectivity index (χ3n) is 4.22. The lowest BCUT2D eigenvalue weighted by Crippen LogP contribution is -2.44. The van der Waals surface area contributed by atoms with E-state index in [0.717, 1.165) is 0 Å². The van der Waals surface area contributed by atoms with Crippen LogP contribution in [0, 0.1) is 5.92 Å². The lowest BCUT2D eigenvalue weighted by molar-refractivity contribution is -0.158. The summed E-state index contributed by atoms with van der Waals surface area (Å²) >= 11 is 0. The maximum atomic E-state index is 13.0. The Hall–Kier alpha value is -2.02. The quantitative estimate of drug-likeness (QED) is 0.698. The van der Waals surface area contributed by atoms with Crippen LogP contribution in [-0.2, 0) is 20.7 Å². The van der Waals surface area contributed by atoms with E-state index in [2.05, 4.69) is 0 Å². The van der Waals surface area contributed by atoms with Gasteiger partial charge in [0, 0.05) is 25.2 Å². The zero-order chi connectivity index (χ0) is 20.8. The molecule has 2 N–H and O–H groups in total. The maximum absolute atomic E-state index is 13.0. The fraction of sp³-hybridized carbons (Fsp3) is 0.600. The lowest BCUT2D eigenvalue weighted by Gasteiger charge is -2.29. The SMILES string of the molecule is C[C@@H](CN)N(C)C(=O)[C@@H](CC(=O)OC(C)(C)C)Cc1cccc(C(F)F)c1. The first-order valence-electron chi connectivity index (χ1n) is 9.00. The van der Waals surface area contributed by atoms with Crippen LogP contribution in [0.2, 0.25) is 0 Å². The normalized spacial score (nSPS) is 14.0. The number of likely N-dealkylation sites (N-methyl/N-ethyl adjacent to an activating group) is 1. The highest BCUT2D eigenvalue weighted by Crippen LogP contribution is 2.23. The van der Waals surface area contributed by atoms with Gasteiger partial charge in [-0.3, -0.25) is 9.59 Å². The third kappa shape index (κ3) is 7.62. The molecule has 0 bridgehead atoms. The average molecular weight is 384 g/mol. The molecule has 1 amide bonds. The Balaban J connectivity index is 3.04. The Morgan fingerprint density at radius 3 is 2.41 bits per heavy atom. The van der Waals surface area contributed by atoms with E-state index in [-0.39, 0.29) is 36.9 Å². The molecule has 2 atom stereocenters. The van der Waals surface area contributed by atoms with E-state index < -0.39 is 23.9 Å². The van der Waals surface area contributed by atoms with Crippen molar-refractivity contribution in [2.75, 3.05) is 13.6 Å². The second-order valence-electron chi connectivity index (χ2n) is 7.77. The number of nitrogens with zero attached hydrogens (tertiary/aromatic N) is 1. The minimum atomic E-state index is -2.59. The molecule has 0 aliphatic rings. The molecule has 1 aromatic carbocycles. The highest BCUT2D eigenvalue weighted by Gasteiger charge is 2.29. The Kier molecular flexibility index (Phi) is 8.34. The largest absolute Gasteiger partial charge is 0.460 e. The van der Waals surface area contributed by atoms with Crippen molar-refractivity contribution < 1.29 is 23.1 Å². The number of hydrogen-bond acceptors (Lipinski definition) is 4. The lowest BCUT2D eigenvalue weighted by atomic mass is 9.93. The average Bonchev–Trinajstić information content (AvgIpc) is 2.57. The van der Waals surface area contributed by atoms with E-state index in [1.54, 1.807) is 40.8 Å². The molecule has 0 radical (unpaired) electrons. The van der Waals surface area contributed by atoms with Crippen LogP contribution in [0.1, 0.15) is 51.7 Å². The third-order valence-corrected chi connectivity index (χ3v) is 4.22. The number of esters is 1. The van der Waals surface area contributed by atoms with Gasteiger partial charge in [0.05, 0.1) is 12.3 Å². The summed E-state index contributed by atoms with van der Waals surface area (Å²) in [6, 6.07) is 5.70. The van der Waals surface area contributed by atoms with Crippen molar-refractivity contribution in [2.24, 2.45) is 11.7 Å². The van der Waals surface area contributed by atoms with Crippen LogP contribution in [0.3, 0.4) is 0 Å². The summed E-state index contributed by atoms with van der Waals surface area (Å²) in [6.07, 6.45) is -2.55. The molecule has 27 heavy (non-hydrogen) atoms. The smallest absolute Gasteiger partial charge is 0.307 e. The van der Waals surface area contributed by atoms with Crippen molar-refractivity contribution in [3.63, 3.8) is 0 Å². The maximum Gasteiger partial charge on any atom is 0.307 e. The number of ether oxygens (including phenoxy) is 1. The minimum absolute atomic E-state index is 0.111. The van der Waals surface area contributed by atoms with Gasteiger partial charge < -0.3 is 15.4 Å². The van der Waals surface area contributed by atoms with E-state index in [4.69, 9.17) is 10.5 Å². The summed E-state index contributed by atoms with van der Waals surface area (Å²) in [5.74, 6) is -1.48. The summed E-state index contributed by atoms with van der Waals surface area (Å²) in [6.45, 7) is 7.32. The predicted octanol–water partition coefficient (Wildman–Crippen LogP) is 3.32. The Labute approximate surface area is 159 Å². The number of halogens is 2. The highest BCUT2D eigenvalue weighted by molar-refractivity contribution is 5.84. The van der Waals surface area contributed by atoms with Crippen LogP contribution in [0.25, 0.3) is 0 Å². The van der Waals surface area contributed by atoms with E-state index >= 15 is 0 Å². The van der Waals surface area contributed by atoms with E-state index in [9.17, 15) is 18.4 Å². The number of hydrogen-bond donors (Lipinski definition) is 1. The van der Waals surface area contributed by atoms with E-state index in [1.165, 1.54) is 23.1 Å². The molecule has 1 aromatic rings. The van der Waals surface area contributed by atoms with Crippen LogP contribution in [0.4, 0.5) is 8.78 Å². The van der Waals surface area contributed by atoms with Gasteiger partial charge in [0.2, 0.25) is 5.91 Å². The Morgan fingerprint density at radius 1 is 1.26 bits per heavy atom. The van der Waals surface area contributed by atoms with Gasteiger partial charge >= 0.3 is 5.97 Å². The monoisotopic (exact) mass is 384 g/mol. The highest BCUT2D eigenvalue weighted by atomic mass is 19.3. The number of carbonyl (C=O) groups is 2. The molecule has 0 saturated heterocycles.